The molecule has 1 fully saturated rings. The lowest BCUT2D eigenvalue weighted by atomic mass is 9.94. The predicted molar refractivity (Wildman–Crippen MR) is 119 cm³/mol. The van der Waals surface area contributed by atoms with E-state index < -0.39 is 16.3 Å². The summed E-state index contributed by atoms with van der Waals surface area (Å²) in [5.41, 5.74) is 0.600. The van der Waals surface area contributed by atoms with Crippen LogP contribution in [0.2, 0.25) is 0 Å². The van der Waals surface area contributed by atoms with Gasteiger partial charge in [-0.05, 0) is 31.2 Å². The number of amides is 2. The number of carbonyl (C=O) groups is 1. The highest BCUT2D eigenvalue weighted by Gasteiger charge is 2.24. The van der Waals surface area contributed by atoms with Gasteiger partial charge in [0.05, 0.1) is 26.3 Å². The van der Waals surface area contributed by atoms with Crippen LogP contribution in [0.25, 0.3) is 10.9 Å². The van der Waals surface area contributed by atoms with Crippen molar-refractivity contribution in [3.63, 3.8) is 0 Å². The van der Waals surface area contributed by atoms with Gasteiger partial charge in [-0.1, -0.05) is 0 Å². The van der Waals surface area contributed by atoms with Crippen LogP contribution in [0.1, 0.15) is 19.3 Å². The number of methoxy groups -OCH3 is 2. The summed E-state index contributed by atoms with van der Waals surface area (Å²) in [6.07, 6.45) is 2.25. The average molecular weight is 469 g/mol. The number of nitrogens with one attached hydrogen (secondary N) is 2. The highest BCUT2D eigenvalue weighted by Crippen LogP contribution is 2.37. The van der Waals surface area contributed by atoms with Crippen LogP contribution in [-0.2, 0) is 14.5 Å². The molecule has 4 N–H and O–H groups in total. The summed E-state index contributed by atoms with van der Waals surface area (Å²) in [5.74, 6) is 2.21. The molecular formula is C19H28N6O6S. The molecule has 1 aromatic heterocycles. The predicted octanol–water partition coefficient (Wildman–Crippen LogP) is 1.22. The van der Waals surface area contributed by atoms with Gasteiger partial charge in [-0.15, -0.1) is 0 Å². The van der Waals surface area contributed by atoms with Gasteiger partial charge < -0.3 is 19.7 Å². The number of aromatic nitrogens is 2. The molecular weight excluding hydrogens is 440 g/mol. The molecule has 3 rings (SSSR count). The summed E-state index contributed by atoms with van der Waals surface area (Å²) in [6, 6.07) is 3.13. The average Bonchev–Trinajstić information content (AvgIpc) is 2.77. The van der Waals surface area contributed by atoms with Gasteiger partial charge in [0.15, 0.2) is 11.5 Å². The summed E-state index contributed by atoms with van der Waals surface area (Å²) in [4.78, 5) is 23.0. The van der Waals surface area contributed by atoms with Crippen molar-refractivity contribution >= 4 is 39.0 Å². The fourth-order valence-corrected chi connectivity index (χ4v) is 3.99. The minimum atomic E-state index is -3.92. The zero-order valence-electron chi connectivity index (χ0n) is 18.3. The third-order valence-corrected chi connectivity index (χ3v) is 5.82. The molecule has 1 aliphatic rings. The lowest BCUT2D eigenvalue weighted by Gasteiger charge is -2.33. The van der Waals surface area contributed by atoms with Gasteiger partial charge in [-0.3, -0.25) is 9.50 Å². The fraction of sp³-hybridized carbons (Fsp3) is 0.526. The van der Waals surface area contributed by atoms with E-state index in [2.05, 4.69) is 29.7 Å². The maximum Gasteiger partial charge on any atom is 0.333 e. The summed E-state index contributed by atoms with van der Waals surface area (Å²) in [7, 11) is 0.686. The van der Waals surface area contributed by atoms with Crippen LogP contribution in [0.5, 0.6) is 11.5 Å². The maximum atomic E-state index is 11.8. The monoisotopic (exact) mass is 468 g/mol. The summed E-state index contributed by atoms with van der Waals surface area (Å²) < 4.78 is 37.4. The first-order valence-corrected chi connectivity index (χ1v) is 11.6. The number of ether oxygens (including phenoxy) is 2. The number of rotatable bonds is 8. The quantitative estimate of drug-likeness (QED) is 0.518. The van der Waals surface area contributed by atoms with Crippen molar-refractivity contribution in [2.45, 2.75) is 19.3 Å². The largest absolute Gasteiger partial charge is 0.493 e. The van der Waals surface area contributed by atoms with Crippen molar-refractivity contribution in [3.8, 4) is 11.5 Å². The Hall–Kier alpha value is -2.90. The Morgan fingerprint density at radius 2 is 1.84 bits per heavy atom. The maximum absolute atomic E-state index is 11.8. The molecule has 0 aliphatic carbocycles. The number of hydrogen-bond acceptors (Lipinski definition) is 9. The third kappa shape index (κ3) is 5.87. The molecule has 176 valence electrons. The van der Waals surface area contributed by atoms with E-state index in [4.69, 9.17) is 14.6 Å². The van der Waals surface area contributed by atoms with Crippen LogP contribution in [0, 0.1) is 5.92 Å². The first-order valence-electron chi connectivity index (χ1n) is 10.1. The minimum Gasteiger partial charge on any atom is -0.493 e. The number of carbonyl (C=O) groups excluding carboxylic acids is 1. The van der Waals surface area contributed by atoms with E-state index in [1.165, 1.54) is 7.05 Å². The zero-order chi connectivity index (χ0) is 23.3. The second-order valence-electron chi connectivity index (χ2n) is 7.33. The van der Waals surface area contributed by atoms with Crippen molar-refractivity contribution in [2.75, 3.05) is 51.2 Å². The summed E-state index contributed by atoms with van der Waals surface area (Å²) >= 11 is 0. The van der Waals surface area contributed by atoms with Crippen LogP contribution >= 0.6 is 0 Å². The molecule has 0 atom stereocenters. The van der Waals surface area contributed by atoms with Crippen LogP contribution in [0.15, 0.2) is 12.1 Å². The van der Waals surface area contributed by atoms with E-state index in [1.54, 1.807) is 20.3 Å². The van der Waals surface area contributed by atoms with Gasteiger partial charge in [-0.2, -0.15) is 13.4 Å². The molecule has 1 saturated heterocycles. The molecule has 0 radical (unpaired) electrons. The lowest BCUT2D eigenvalue weighted by molar-refractivity contribution is 0.253. The number of nitrogens with two attached hydrogens (primary N) is 1. The molecule has 0 spiro atoms. The van der Waals surface area contributed by atoms with Gasteiger partial charge >= 0.3 is 16.3 Å². The second kappa shape index (κ2) is 10.1. The first-order chi connectivity index (χ1) is 15.2. The third-order valence-electron chi connectivity index (χ3n) is 5.32. The van der Waals surface area contributed by atoms with Crippen LogP contribution in [0.4, 0.5) is 16.6 Å². The normalized spacial score (nSPS) is 14.9. The Kier molecular flexibility index (Phi) is 7.53. The lowest BCUT2D eigenvalue weighted by Crippen LogP contribution is -2.35. The molecule has 1 aliphatic heterocycles. The molecule has 13 heteroatoms. The van der Waals surface area contributed by atoms with Crippen LogP contribution < -0.4 is 30.1 Å². The number of anilines is 2. The van der Waals surface area contributed by atoms with Gasteiger partial charge in [-0.25, -0.2) is 14.9 Å². The number of piperidine rings is 1. The SMILES string of the molecule is CNC(=O)Nc1nc(N2CCC(CCOS(N)(=O)=O)CC2)c2cc(OC)c(OC)cc2n1. The van der Waals surface area contributed by atoms with E-state index in [1.807, 2.05) is 6.07 Å². The highest BCUT2D eigenvalue weighted by atomic mass is 32.2. The smallest absolute Gasteiger partial charge is 0.333 e. The summed E-state index contributed by atoms with van der Waals surface area (Å²) in [5, 5.41) is 10.8. The molecule has 1 aromatic carbocycles. The summed E-state index contributed by atoms with van der Waals surface area (Å²) in [6.45, 7) is 1.46. The minimum absolute atomic E-state index is 0.0666. The number of fused-ring (bicyclic) bond motifs is 1. The van der Waals surface area contributed by atoms with Crippen molar-refractivity contribution in [2.24, 2.45) is 11.1 Å². The molecule has 32 heavy (non-hydrogen) atoms. The topological polar surface area (TPSA) is 158 Å². The van der Waals surface area contributed by atoms with E-state index in [0.717, 1.165) is 18.2 Å². The number of urea groups is 1. The Labute approximate surface area is 186 Å². The number of benzene rings is 1. The van der Waals surface area contributed by atoms with Crippen molar-refractivity contribution in [3.05, 3.63) is 12.1 Å². The fourth-order valence-electron chi connectivity index (χ4n) is 3.66. The molecule has 0 bridgehead atoms. The van der Waals surface area contributed by atoms with E-state index in [0.29, 0.717) is 48.3 Å². The molecule has 2 amide bonds. The van der Waals surface area contributed by atoms with Gasteiger partial charge in [0.25, 0.3) is 0 Å². The Balaban J connectivity index is 1.86. The van der Waals surface area contributed by atoms with Gasteiger partial charge in [0.2, 0.25) is 5.95 Å². The zero-order valence-corrected chi connectivity index (χ0v) is 19.1. The molecule has 0 unspecified atom stereocenters. The Morgan fingerprint density at radius 3 is 2.44 bits per heavy atom. The van der Waals surface area contributed by atoms with Crippen molar-refractivity contribution in [1.29, 1.82) is 0 Å². The van der Waals surface area contributed by atoms with E-state index in [9.17, 15) is 13.2 Å². The number of nitrogens with zero attached hydrogens (tertiary/aromatic N) is 3. The molecule has 2 heterocycles. The molecule has 12 nitrogen and oxygen atoms in total. The van der Waals surface area contributed by atoms with E-state index >= 15 is 0 Å². The van der Waals surface area contributed by atoms with E-state index in [-0.39, 0.29) is 12.6 Å². The highest BCUT2D eigenvalue weighted by molar-refractivity contribution is 7.84. The van der Waals surface area contributed by atoms with Gasteiger partial charge in [0, 0.05) is 31.6 Å². The van der Waals surface area contributed by atoms with Gasteiger partial charge in [0.1, 0.15) is 5.82 Å². The van der Waals surface area contributed by atoms with Crippen molar-refractivity contribution in [1.82, 2.24) is 15.3 Å². The second-order valence-corrected chi connectivity index (χ2v) is 8.55. The number of hydrogen-bond donors (Lipinski definition) is 3. The first kappa shape index (κ1) is 23.8. The molecule has 2 aromatic rings. The Morgan fingerprint density at radius 1 is 1.19 bits per heavy atom. The molecule has 0 saturated carbocycles. The van der Waals surface area contributed by atoms with Crippen molar-refractivity contribution < 1.29 is 26.9 Å². The van der Waals surface area contributed by atoms with Crippen LogP contribution in [-0.4, -0.2) is 65.4 Å². The Bertz CT molecular complexity index is 1070. The standard InChI is InChI=1S/C19H28N6O6S/c1-21-19(26)24-18-22-14-11-16(30-3)15(29-2)10-13(14)17(23-18)25-7-4-12(5-8-25)6-9-31-32(20,27)28/h10-12H,4-9H2,1-3H3,(H2,20,27,28)(H2,21,22,23,24,26). The van der Waals surface area contributed by atoms with Crippen LogP contribution in [0.3, 0.4) is 0 Å².